The quantitative estimate of drug-likeness (QED) is 0.830. The Morgan fingerprint density at radius 2 is 2.25 bits per heavy atom. The van der Waals surface area contributed by atoms with Gasteiger partial charge in [0.1, 0.15) is 0 Å². The minimum atomic E-state index is -0.119. The Bertz CT molecular complexity index is 603. The molecule has 0 unspecified atom stereocenters. The molecule has 0 spiro atoms. The molecule has 0 atom stereocenters. The molecule has 1 amide bonds. The predicted molar refractivity (Wildman–Crippen MR) is 78.4 cm³/mol. The molecule has 0 aliphatic heterocycles. The van der Waals surface area contributed by atoms with E-state index in [2.05, 4.69) is 5.32 Å². The van der Waals surface area contributed by atoms with Crippen molar-refractivity contribution in [2.75, 3.05) is 11.9 Å². The smallest absolute Gasteiger partial charge is 0.226 e. The zero-order chi connectivity index (χ0) is 14.2. The van der Waals surface area contributed by atoms with Gasteiger partial charge in [-0.3, -0.25) is 4.79 Å². The van der Waals surface area contributed by atoms with Gasteiger partial charge in [-0.25, -0.2) is 0 Å². The molecule has 1 heterocycles. The van der Waals surface area contributed by atoms with Gasteiger partial charge in [-0.05, 0) is 29.6 Å². The summed E-state index contributed by atoms with van der Waals surface area (Å²) >= 11 is 1.63. The summed E-state index contributed by atoms with van der Waals surface area (Å²) < 4.78 is 5.43. The van der Waals surface area contributed by atoms with Crippen molar-refractivity contribution in [1.82, 2.24) is 0 Å². The number of carbonyl (C=O) groups excluding carboxylic acids is 1. The lowest BCUT2D eigenvalue weighted by Gasteiger charge is -2.06. The number of nitrogens with zero attached hydrogens (tertiary/aromatic N) is 1. The number of hydrogen-bond acceptors (Lipinski definition) is 4. The number of benzene rings is 1. The third-order valence-corrected chi connectivity index (χ3v) is 3.42. The zero-order valence-corrected chi connectivity index (χ0v) is 11.7. The van der Waals surface area contributed by atoms with Crippen molar-refractivity contribution in [2.45, 2.75) is 13.0 Å². The van der Waals surface area contributed by atoms with Gasteiger partial charge in [-0.1, -0.05) is 12.1 Å². The fourth-order valence-electron chi connectivity index (χ4n) is 1.62. The zero-order valence-electron chi connectivity index (χ0n) is 10.8. The highest BCUT2D eigenvalue weighted by Gasteiger charge is 2.03. The van der Waals surface area contributed by atoms with Crippen LogP contribution in [0.2, 0.25) is 0 Å². The van der Waals surface area contributed by atoms with Gasteiger partial charge >= 0.3 is 0 Å². The van der Waals surface area contributed by atoms with E-state index in [1.807, 2.05) is 23.6 Å². The van der Waals surface area contributed by atoms with Crippen LogP contribution < -0.4 is 5.32 Å². The van der Waals surface area contributed by atoms with E-state index >= 15 is 0 Å². The van der Waals surface area contributed by atoms with Gasteiger partial charge in [0.25, 0.3) is 0 Å². The van der Waals surface area contributed by atoms with Gasteiger partial charge in [0.2, 0.25) is 5.91 Å². The Morgan fingerprint density at radius 3 is 3.00 bits per heavy atom. The summed E-state index contributed by atoms with van der Waals surface area (Å²) in [6, 6.07) is 12.8. The third-order valence-electron chi connectivity index (χ3n) is 2.57. The van der Waals surface area contributed by atoms with Crippen LogP contribution in [0.15, 0.2) is 41.8 Å². The molecule has 0 saturated heterocycles. The lowest BCUT2D eigenvalue weighted by atomic mass is 10.2. The molecule has 1 aromatic heterocycles. The van der Waals surface area contributed by atoms with E-state index in [0.29, 0.717) is 30.9 Å². The van der Waals surface area contributed by atoms with E-state index in [4.69, 9.17) is 10.00 Å². The van der Waals surface area contributed by atoms with Crippen LogP contribution in [-0.2, 0) is 16.1 Å². The Kier molecular flexibility index (Phi) is 5.30. The first kappa shape index (κ1) is 14.3. The van der Waals surface area contributed by atoms with E-state index in [1.165, 1.54) is 0 Å². The van der Waals surface area contributed by atoms with Crippen LogP contribution in [0.1, 0.15) is 16.9 Å². The molecule has 0 bridgehead atoms. The number of anilines is 1. The standard InChI is InChI=1S/C15H14N2O2S/c16-10-12-3-1-4-13(9-12)17-15(18)6-7-19-11-14-5-2-8-20-14/h1-5,8-9H,6-7,11H2,(H,17,18). The van der Waals surface area contributed by atoms with E-state index in [9.17, 15) is 4.79 Å². The van der Waals surface area contributed by atoms with E-state index < -0.39 is 0 Å². The molecule has 0 radical (unpaired) electrons. The molecule has 4 nitrogen and oxygen atoms in total. The first-order valence-corrected chi connectivity index (χ1v) is 7.06. The summed E-state index contributed by atoms with van der Waals surface area (Å²) in [7, 11) is 0. The van der Waals surface area contributed by atoms with Gasteiger partial charge in [-0.2, -0.15) is 5.26 Å². The fraction of sp³-hybridized carbons (Fsp3) is 0.200. The molecule has 20 heavy (non-hydrogen) atoms. The second-order valence-electron chi connectivity index (χ2n) is 4.12. The topological polar surface area (TPSA) is 62.1 Å². The maximum Gasteiger partial charge on any atom is 0.226 e. The summed E-state index contributed by atoms with van der Waals surface area (Å²) in [5, 5.41) is 13.5. The molecule has 0 aliphatic carbocycles. The molecule has 1 N–H and O–H groups in total. The highest BCUT2D eigenvalue weighted by Crippen LogP contribution is 2.11. The lowest BCUT2D eigenvalue weighted by Crippen LogP contribution is -2.14. The second-order valence-corrected chi connectivity index (χ2v) is 5.15. The first-order valence-electron chi connectivity index (χ1n) is 6.18. The molecule has 5 heteroatoms. The molecule has 102 valence electrons. The maximum atomic E-state index is 11.7. The number of thiophene rings is 1. The van der Waals surface area contributed by atoms with Crippen molar-refractivity contribution in [2.24, 2.45) is 0 Å². The minimum absolute atomic E-state index is 0.119. The Labute approximate surface area is 121 Å². The van der Waals surface area contributed by atoms with Crippen LogP contribution in [0, 0.1) is 11.3 Å². The highest BCUT2D eigenvalue weighted by molar-refractivity contribution is 7.09. The van der Waals surface area contributed by atoms with Crippen molar-refractivity contribution < 1.29 is 9.53 Å². The molecular weight excluding hydrogens is 272 g/mol. The van der Waals surface area contributed by atoms with Crippen molar-refractivity contribution in [3.8, 4) is 6.07 Å². The Hall–Kier alpha value is -2.16. The molecule has 0 aliphatic rings. The number of rotatable bonds is 6. The molecule has 0 saturated carbocycles. The maximum absolute atomic E-state index is 11.7. The lowest BCUT2D eigenvalue weighted by molar-refractivity contribution is -0.117. The number of nitriles is 1. The van der Waals surface area contributed by atoms with E-state index in [1.54, 1.807) is 35.6 Å². The predicted octanol–water partition coefficient (Wildman–Crippen LogP) is 3.17. The number of amides is 1. The van der Waals surface area contributed by atoms with Gasteiger partial charge < -0.3 is 10.1 Å². The summed E-state index contributed by atoms with van der Waals surface area (Å²) in [6.07, 6.45) is 0.294. The average molecular weight is 286 g/mol. The van der Waals surface area contributed by atoms with Crippen molar-refractivity contribution in [1.29, 1.82) is 5.26 Å². The monoisotopic (exact) mass is 286 g/mol. The van der Waals surface area contributed by atoms with Crippen LogP contribution in [-0.4, -0.2) is 12.5 Å². The van der Waals surface area contributed by atoms with Crippen molar-refractivity contribution in [3.63, 3.8) is 0 Å². The number of nitrogens with one attached hydrogen (secondary N) is 1. The number of hydrogen-bond donors (Lipinski definition) is 1. The number of ether oxygens (including phenoxy) is 1. The minimum Gasteiger partial charge on any atom is -0.375 e. The summed E-state index contributed by atoms with van der Waals surface area (Å²) in [4.78, 5) is 12.8. The van der Waals surface area contributed by atoms with Crippen molar-refractivity contribution in [3.05, 3.63) is 52.2 Å². The van der Waals surface area contributed by atoms with Crippen LogP contribution in [0.4, 0.5) is 5.69 Å². The third kappa shape index (κ3) is 4.50. The average Bonchev–Trinajstić information content (AvgIpc) is 2.97. The number of carbonyl (C=O) groups is 1. The first-order chi connectivity index (χ1) is 9.78. The van der Waals surface area contributed by atoms with Crippen molar-refractivity contribution >= 4 is 22.9 Å². The summed E-state index contributed by atoms with van der Waals surface area (Å²) in [5.41, 5.74) is 1.16. The van der Waals surface area contributed by atoms with E-state index in [0.717, 1.165) is 4.88 Å². The molecule has 1 aromatic carbocycles. The fourth-order valence-corrected chi connectivity index (χ4v) is 2.26. The van der Waals surface area contributed by atoms with Gasteiger partial charge in [0, 0.05) is 10.6 Å². The normalized spacial score (nSPS) is 9.95. The van der Waals surface area contributed by atoms with Gasteiger partial charge in [0.15, 0.2) is 0 Å². The van der Waals surface area contributed by atoms with Gasteiger partial charge in [0.05, 0.1) is 31.3 Å². The molecular formula is C15H14N2O2S. The van der Waals surface area contributed by atoms with E-state index in [-0.39, 0.29) is 5.91 Å². The van der Waals surface area contributed by atoms with Crippen LogP contribution >= 0.6 is 11.3 Å². The second kappa shape index (κ2) is 7.43. The summed E-state index contributed by atoms with van der Waals surface area (Å²) in [5.74, 6) is -0.119. The Morgan fingerprint density at radius 1 is 1.35 bits per heavy atom. The summed E-state index contributed by atoms with van der Waals surface area (Å²) in [6.45, 7) is 0.913. The highest BCUT2D eigenvalue weighted by atomic mass is 32.1. The van der Waals surface area contributed by atoms with Gasteiger partial charge in [-0.15, -0.1) is 11.3 Å². The molecule has 2 aromatic rings. The molecule has 0 fully saturated rings. The molecule has 2 rings (SSSR count). The Balaban J connectivity index is 1.71. The SMILES string of the molecule is N#Cc1cccc(NC(=O)CCOCc2cccs2)c1. The van der Waals surface area contributed by atoms with Crippen LogP contribution in [0.3, 0.4) is 0 Å². The largest absolute Gasteiger partial charge is 0.375 e. The van der Waals surface area contributed by atoms with Crippen LogP contribution in [0.5, 0.6) is 0 Å². The van der Waals surface area contributed by atoms with Crippen LogP contribution in [0.25, 0.3) is 0 Å².